The van der Waals surface area contributed by atoms with Gasteiger partial charge in [0.15, 0.2) is 0 Å². The van der Waals surface area contributed by atoms with Gasteiger partial charge in [-0.2, -0.15) is 10.1 Å². The van der Waals surface area contributed by atoms with Gasteiger partial charge in [-0.05, 0) is 31.9 Å². The topological polar surface area (TPSA) is 72.9 Å². The van der Waals surface area contributed by atoms with Gasteiger partial charge in [0.05, 0.1) is 6.20 Å². The number of hydrogen-bond acceptors (Lipinski definition) is 6. The van der Waals surface area contributed by atoms with Gasteiger partial charge in [0, 0.05) is 61.8 Å². The molecule has 4 rings (SSSR count). The zero-order valence-corrected chi connectivity index (χ0v) is 14.5. The average Bonchev–Trinajstić information content (AvgIpc) is 3.23. The van der Waals surface area contributed by atoms with Gasteiger partial charge in [0.1, 0.15) is 0 Å². The molecule has 3 aromatic rings. The summed E-state index contributed by atoms with van der Waals surface area (Å²) in [5.41, 5.74) is 2.15. The molecule has 0 spiro atoms. The third kappa shape index (κ3) is 3.61. The lowest BCUT2D eigenvalue weighted by Crippen LogP contribution is -2.46. The Bertz CT molecular complexity index is 819. The van der Waals surface area contributed by atoms with Crippen molar-refractivity contribution in [1.82, 2.24) is 29.8 Å². The van der Waals surface area contributed by atoms with Crippen molar-refractivity contribution in [2.24, 2.45) is 5.92 Å². The van der Waals surface area contributed by atoms with Gasteiger partial charge >= 0.3 is 0 Å². The van der Waals surface area contributed by atoms with Crippen molar-refractivity contribution in [3.05, 3.63) is 48.4 Å². The van der Waals surface area contributed by atoms with E-state index in [1.165, 1.54) is 5.56 Å². The Morgan fingerprint density at radius 3 is 2.88 bits per heavy atom. The molecule has 0 unspecified atom stereocenters. The highest BCUT2D eigenvalue weighted by atomic mass is 16.5. The number of nitrogens with zero attached hydrogens (tertiary/aromatic N) is 6. The molecule has 4 heterocycles. The molecule has 0 N–H and O–H groups in total. The van der Waals surface area contributed by atoms with E-state index in [0.717, 1.165) is 31.6 Å². The van der Waals surface area contributed by atoms with Crippen molar-refractivity contribution < 1.29 is 4.52 Å². The second kappa shape index (κ2) is 6.76. The van der Waals surface area contributed by atoms with Crippen LogP contribution in [0.25, 0.3) is 11.4 Å². The SMILES string of the molecule is CC(C)n1cc(CN2CC(Cc3nc(-c4cccnc4)no3)C2)cn1. The summed E-state index contributed by atoms with van der Waals surface area (Å²) in [6.07, 6.45) is 8.41. The first-order valence-corrected chi connectivity index (χ1v) is 8.66. The standard InChI is InChI=1S/C18H22N6O/c1-13(2)24-12-15(7-20-24)11-23-9-14(10-23)6-17-21-18(22-25-17)16-4-3-5-19-8-16/h3-5,7-8,12-14H,6,9-11H2,1-2H3. The largest absolute Gasteiger partial charge is 0.339 e. The third-order valence-corrected chi connectivity index (χ3v) is 4.47. The number of pyridine rings is 1. The van der Waals surface area contributed by atoms with E-state index >= 15 is 0 Å². The van der Waals surface area contributed by atoms with Crippen molar-refractivity contribution in [3.63, 3.8) is 0 Å². The molecule has 1 fully saturated rings. The summed E-state index contributed by atoms with van der Waals surface area (Å²) in [6.45, 7) is 7.34. The maximum absolute atomic E-state index is 5.39. The normalized spacial score (nSPS) is 15.6. The molecular formula is C18H22N6O. The average molecular weight is 338 g/mol. The second-order valence-corrected chi connectivity index (χ2v) is 6.94. The van der Waals surface area contributed by atoms with Crippen molar-refractivity contribution >= 4 is 0 Å². The number of aromatic nitrogens is 5. The molecule has 7 nitrogen and oxygen atoms in total. The maximum atomic E-state index is 5.39. The van der Waals surface area contributed by atoms with Crippen LogP contribution in [0.4, 0.5) is 0 Å². The van der Waals surface area contributed by atoms with Gasteiger partial charge in [-0.25, -0.2) is 0 Å². The first kappa shape index (κ1) is 16.0. The lowest BCUT2D eigenvalue weighted by atomic mass is 9.96. The van der Waals surface area contributed by atoms with Crippen molar-refractivity contribution in [2.75, 3.05) is 13.1 Å². The Kier molecular flexibility index (Phi) is 4.31. The predicted octanol–water partition coefficient (Wildman–Crippen LogP) is 2.58. The smallest absolute Gasteiger partial charge is 0.227 e. The van der Waals surface area contributed by atoms with Crippen LogP contribution in [0.2, 0.25) is 0 Å². The Labute approximate surface area is 146 Å². The maximum Gasteiger partial charge on any atom is 0.227 e. The highest BCUT2D eigenvalue weighted by Gasteiger charge is 2.28. The Morgan fingerprint density at radius 1 is 1.28 bits per heavy atom. The number of likely N-dealkylation sites (tertiary alicyclic amines) is 1. The molecule has 0 amide bonds. The van der Waals surface area contributed by atoms with E-state index in [1.54, 1.807) is 12.4 Å². The fourth-order valence-electron chi connectivity index (χ4n) is 3.13. The molecule has 1 saturated heterocycles. The van der Waals surface area contributed by atoms with Gasteiger partial charge in [0.25, 0.3) is 0 Å². The van der Waals surface area contributed by atoms with E-state index in [2.05, 4.69) is 45.2 Å². The van der Waals surface area contributed by atoms with Gasteiger partial charge < -0.3 is 4.52 Å². The van der Waals surface area contributed by atoms with Crippen molar-refractivity contribution in [2.45, 2.75) is 32.9 Å². The molecule has 1 aliphatic rings. The molecule has 0 atom stereocenters. The van der Waals surface area contributed by atoms with Crippen LogP contribution in [0.15, 0.2) is 41.4 Å². The van der Waals surface area contributed by atoms with E-state index in [1.807, 2.05) is 23.0 Å². The molecule has 1 aliphatic heterocycles. The van der Waals surface area contributed by atoms with E-state index in [0.29, 0.717) is 23.7 Å². The lowest BCUT2D eigenvalue weighted by molar-refractivity contribution is 0.0866. The zero-order chi connectivity index (χ0) is 17.2. The summed E-state index contributed by atoms with van der Waals surface area (Å²) in [4.78, 5) is 11.0. The van der Waals surface area contributed by atoms with E-state index < -0.39 is 0 Å². The Hall–Kier alpha value is -2.54. The molecule has 3 aromatic heterocycles. The summed E-state index contributed by atoms with van der Waals surface area (Å²) in [6, 6.07) is 4.21. The van der Waals surface area contributed by atoms with Crippen LogP contribution >= 0.6 is 0 Å². The lowest BCUT2D eigenvalue weighted by Gasteiger charge is -2.38. The molecule has 0 bridgehead atoms. The van der Waals surface area contributed by atoms with Crippen LogP contribution in [0.5, 0.6) is 0 Å². The Balaban J connectivity index is 1.28. The molecule has 0 radical (unpaired) electrons. The number of hydrogen-bond donors (Lipinski definition) is 0. The van der Waals surface area contributed by atoms with Crippen molar-refractivity contribution in [1.29, 1.82) is 0 Å². The molecule has 25 heavy (non-hydrogen) atoms. The fraction of sp³-hybridized carbons (Fsp3) is 0.444. The number of rotatable bonds is 6. The zero-order valence-electron chi connectivity index (χ0n) is 14.5. The predicted molar refractivity (Wildman–Crippen MR) is 92.6 cm³/mol. The van der Waals surface area contributed by atoms with Gasteiger partial charge in [-0.15, -0.1) is 0 Å². The van der Waals surface area contributed by atoms with Crippen LogP contribution < -0.4 is 0 Å². The van der Waals surface area contributed by atoms with Crippen LogP contribution in [0, 0.1) is 5.92 Å². The molecule has 0 aliphatic carbocycles. The second-order valence-electron chi connectivity index (χ2n) is 6.94. The highest BCUT2D eigenvalue weighted by molar-refractivity contribution is 5.51. The van der Waals surface area contributed by atoms with E-state index in [9.17, 15) is 0 Å². The van der Waals surface area contributed by atoms with Crippen LogP contribution in [0.1, 0.15) is 31.3 Å². The minimum absolute atomic E-state index is 0.407. The molecule has 0 saturated carbocycles. The summed E-state index contributed by atoms with van der Waals surface area (Å²) in [5.74, 6) is 1.89. The first-order chi connectivity index (χ1) is 12.2. The summed E-state index contributed by atoms with van der Waals surface area (Å²) < 4.78 is 7.39. The van der Waals surface area contributed by atoms with Crippen LogP contribution in [-0.4, -0.2) is 42.9 Å². The summed E-state index contributed by atoms with van der Waals surface area (Å²) >= 11 is 0. The summed E-state index contributed by atoms with van der Waals surface area (Å²) in [5, 5.41) is 8.45. The quantitative estimate of drug-likeness (QED) is 0.688. The molecule has 7 heteroatoms. The van der Waals surface area contributed by atoms with Gasteiger partial charge in [-0.3, -0.25) is 14.6 Å². The van der Waals surface area contributed by atoms with Crippen LogP contribution in [0.3, 0.4) is 0 Å². The highest BCUT2D eigenvalue weighted by Crippen LogP contribution is 2.23. The Morgan fingerprint density at radius 2 is 2.16 bits per heavy atom. The van der Waals surface area contributed by atoms with Gasteiger partial charge in [0.2, 0.25) is 11.7 Å². The molecular weight excluding hydrogens is 316 g/mol. The third-order valence-electron chi connectivity index (χ3n) is 4.47. The van der Waals surface area contributed by atoms with E-state index in [-0.39, 0.29) is 0 Å². The fourth-order valence-corrected chi connectivity index (χ4v) is 3.13. The minimum atomic E-state index is 0.407. The summed E-state index contributed by atoms with van der Waals surface area (Å²) in [7, 11) is 0. The molecule has 0 aromatic carbocycles. The monoisotopic (exact) mass is 338 g/mol. The first-order valence-electron chi connectivity index (χ1n) is 8.66. The van der Waals surface area contributed by atoms with Crippen molar-refractivity contribution in [3.8, 4) is 11.4 Å². The minimum Gasteiger partial charge on any atom is -0.339 e. The van der Waals surface area contributed by atoms with Gasteiger partial charge in [-0.1, -0.05) is 5.16 Å². The molecule has 130 valence electrons. The van der Waals surface area contributed by atoms with E-state index in [4.69, 9.17) is 4.52 Å². The van der Waals surface area contributed by atoms with Crippen LogP contribution in [-0.2, 0) is 13.0 Å².